The van der Waals surface area contributed by atoms with Gasteiger partial charge in [0, 0.05) is 50.5 Å². The van der Waals surface area contributed by atoms with Crippen molar-refractivity contribution >= 4 is 45.3 Å². The van der Waals surface area contributed by atoms with Crippen LogP contribution in [0.2, 0.25) is 0 Å². The molecule has 2 aliphatic rings. The molecule has 0 bridgehead atoms. The van der Waals surface area contributed by atoms with Gasteiger partial charge in [-0.05, 0) is 0 Å². The first-order chi connectivity index (χ1) is 12.5. The monoisotopic (exact) mass is 404 g/mol. The third-order valence-corrected chi connectivity index (χ3v) is 6.84. The summed E-state index contributed by atoms with van der Waals surface area (Å²) in [5.41, 5.74) is 0. The maximum absolute atomic E-state index is 11.9. The fourth-order valence-electron chi connectivity index (χ4n) is 3.04. The average Bonchev–Trinajstić information content (AvgIpc) is 3.19. The Hall–Kier alpha value is -1.42. The third kappa shape index (κ3) is 5.54. The van der Waals surface area contributed by atoms with Crippen molar-refractivity contribution in [3.63, 3.8) is 0 Å². The van der Waals surface area contributed by atoms with E-state index >= 15 is 0 Å². The van der Waals surface area contributed by atoms with E-state index in [-0.39, 0.29) is 48.4 Å². The fourth-order valence-corrected chi connectivity index (χ4v) is 5.02. The molecule has 0 N–H and O–H groups in total. The second-order valence-electron chi connectivity index (χ2n) is 6.17. The molecule has 2 rings (SSSR count). The number of carbonyl (C=O) groups is 4. The molecule has 0 aromatic rings. The number of hydrogen-bond donors (Lipinski definition) is 0. The van der Waals surface area contributed by atoms with Crippen molar-refractivity contribution in [1.29, 1.82) is 0 Å². The highest BCUT2D eigenvalue weighted by Gasteiger charge is 2.35. The van der Waals surface area contributed by atoms with E-state index in [4.69, 9.17) is 0 Å². The standard InChI is InChI=1S/C16H24N2O6S2/c1-23-15(21)11-7-13(19)17(9-11)3-5-25-26-6-4-18-10-12(8-14(18)20)16(22)24-2/h11-12H,3-10H2,1-2H3. The molecule has 2 amide bonds. The third-order valence-electron chi connectivity index (χ3n) is 4.47. The molecule has 0 aromatic carbocycles. The minimum absolute atomic E-state index is 0.0116. The topological polar surface area (TPSA) is 93.2 Å². The summed E-state index contributed by atoms with van der Waals surface area (Å²) in [4.78, 5) is 50.1. The Morgan fingerprint density at radius 1 is 0.885 bits per heavy atom. The van der Waals surface area contributed by atoms with Crippen LogP contribution in [0.3, 0.4) is 0 Å². The first-order valence-electron chi connectivity index (χ1n) is 8.41. The van der Waals surface area contributed by atoms with Gasteiger partial charge in [0.05, 0.1) is 26.1 Å². The van der Waals surface area contributed by atoms with Crippen LogP contribution in [-0.2, 0) is 28.7 Å². The Morgan fingerprint density at radius 3 is 1.62 bits per heavy atom. The second kappa shape index (κ2) is 10.1. The highest BCUT2D eigenvalue weighted by molar-refractivity contribution is 8.76. The number of carbonyl (C=O) groups excluding carboxylic acids is 4. The van der Waals surface area contributed by atoms with Crippen LogP contribution in [0.5, 0.6) is 0 Å². The van der Waals surface area contributed by atoms with Crippen LogP contribution in [0.1, 0.15) is 12.8 Å². The van der Waals surface area contributed by atoms with Gasteiger partial charge < -0.3 is 19.3 Å². The van der Waals surface area contributed by atoms with Gasteiger partial charge in [0.1, 0.15) is 0 Å². The van der Waals surface area contributed by atoms with Gasteiger partial charge in [0.25, 0.3) is 0 Å². The maximum Gasteiger partial charge on any atom is 0.310 e. The van der Waals surface area contributed by atoms with Gasteiger partial charge in [-0.25, -0.2) is 0 Å². The molecule has 26 heavy (non-hydrogen) atoms. The normalized spacial score (nSPS) is 22.8. The number of esters is 2. The number of methoxy groups -OCH3 is 2. The highest BCUT2D eigenvalue weighted by atomic mass is 33.1. The number of likely N-dealkylation sites (tertiary alicyclic amines) is 2. The van der Waals surface area contributed by atoms with Crippen LogP contribution in [0.15, 0.2) is 0 Å². The van der Waals surface area contributed by atoms with Crippen molar-refractivity contribution in [2.24, 2.45) is 11.8 Å². The fraction of sp³-hybridized carbons (Fsp3) is 0.750. The molecule has 8 nitrogen and oxygen atoms in total. The van der Waals surface area contributed by atoms with Crippen molar-refractivity contribution in [2.45, 2.75) is 12.8 Å². The van der Waals surface area contributed by atoms with Crippen LogP contribution < -0.4 is 0 Å². The van der Waals surface area contributed by atoms with Crippen LogP contribution in [0.4, 0.5) is 0 Å². The van der Waals surface area contributed by atoms with Crippen LogP contribution >= 0.6 is 21.6 Å². The number of hydrogen-bond acceptors (Lipinski definition) is 8. The van der Waals surface area contributed by atoms with Crippen LogP contribution in [0, 0.1) is 11.8 Å². The van der Waals surface area contributed by atoms with Gasteiger partial charge in [-0.2, -0.15) is 0 Å². The summed E-state index contributed by atoms with van der Waals surface area (Å²) in [7, 11) is 5.93. The lowest BCUT2D eigenvalue weighted by molar-refractivity contribution is -0.145. The smallest absolute Gasteiger partial charge is 0.310 e. The van der Waals surface area contributed by atoms with Crippen molar-refractivity contribution in [1.82, 2.24) is 9.80 Å². The van der Waals surface area contributed by atoms with E-state index in [9.17, 15) is 19.2 Å². The summed E-state index contributed by atoms with van der Waals surface area (Å²) in [5.74, 6) is 0.117. The molecule has 0 aromatic heterocycles. The van der Waals surface area contributed by atoms with Gasteiger partial charge in [0.2, 0.25) is 11.8 Å². The first kappa shape index (κ1) is 20.9. The lowest BCUT2D eigenvalue weighted by Gasteiger charge is -2.17. The lowest BCUT2D eigenvalue weighted by Crippen LogP contribution is -2.29. The largest absolute Gasteiger partial charge is 0.469 e. The van der Waals surface area contributed by atoms with Gasteiger partial charge in [0.15, 0.2) is 0 Å². The molecule has 2 unspecified atom stereocenters. The molecule has 0 saturated carbocycles. The van der Waals surface area contributed by atoms with E-state index in [1.165, 1.54) is 14.2 Å². The minimum Gasteiger partial charge on any atom is -0.469 e. The Labute approximate surface area is 160 Å². The Morgan fingerprint density at radius 2 is 1.27 bits per heavy atom. The lowest BCUT2D eigenvalue weighted by atomic mass is 10.1. The Balaban J connectivity index is 1.57. The summed E-state index contributed by atoms with van der Waals surface area (Å²) < 4.78 is 9.37. The SMILES string of the molecule is COC(=O)C1CC(=O)N(CCSSCCN2CC(C(=O)OC)CC2=O)C1. The molecule has 2 aliphatic heterocycles. The quantitative estimate of drug-likeness (QED) is 0.310. The van der Waals surface area contributed by atoms with E-state index in [1.54, 1.807) is 31.4 Å². The van der Waals surface area contributed by atoms with Gasteiger partial charge in [-0.3, -0.25) is 19.2 Å². The predicted octanol–water partition coefficient (Wildman–Crippen LogP) is 0.411. The molecule has 0 spiro atoms. The molecule has 2 saturated heterocycles. The molecule has 146 valence electrons. The zero-order valence-corrected chi connectivity index (χ0v) is 16.6. The van der Waals surface area contributed by atoms with Crippen molar-refractivity contribution in [3.05, 3.63) is 0 Å². The molecule has 10 heteroatoms. The average molecular weight is 405 g/mol. The summed E-state index contributed by atoms with van der Waals surface area (Å²) in [5, 5.41) is 0. The Bertz CT molecular complexity index is 511. The van der Waals surface area contributed by atoms with Crippen molar-refractivity contribution in [3.8, 4) is 0 Å². The summed E-state index contributed by atoms with van der Waals surface area (Å²) in [6, 6.07) is 0. The van der Waals surface area contributed by atoms with Crippen LogP contribution in [-0.4, -0.2) is 85.5 Å². The van der Waals surface area contributed by atoms with Crippen molar-refractivity contribution in [2.75, 3.05) is 51.9 Å². The molecule has 2 atom stereocenters. The van der Waals surface area contributed by atoms with Gasteiger partial charge in [-0.1, -0.05) is 21.6 Å². The van der Waals surface area contributed by atoms with E-state index in [1.807, 2.05) is 0 Å². The molecule has 2 fully saturated rings. The number of ether oxygens (including phenoxy) is 2. The molecule has 0 radical (unpaired) electrons. The zero-order chi connectivity index (χ0) is 19.1. The predicted molar refractivity (Wildman–Crippen MR) is 98.3 cm³/mol. The first-order valence-corrected chi connectivity index (χ1v) is 10.9. The Kier molecular flexibility index (Phi) is 8.08. The molecule has 2 heterocycles. The number of amides is 2. The number of nitrogens with zero attached hydrogens (tertiary/aromatic N) is 2. The van der Waals surface area contributed by atoms with E-state index in [0.717, 1.165) is 11.5 Å². The summed E-state index contributed by atoms with van der Waals surface area (Å²) in [6.45, 7) is 2.04. The van der Waals surface area contributed by atoms with Crippen molar-refractivity contribution < 1.29 is 28.7 Å². The van der Waals surface area contributed by atoms with E-state index < -0.39 is 0 Å². The maximum atomic E-state index is 11.9. The van der Waals surface area contributed by atoms with Crippen LogP contribution in [0.25, 0.3) is 0 Å². The second-order valence-corrected chi connectivity index (χ2v) is 8.87. The van der Waals surface area contributed by atoms with E-state index in [0.29, 0.717) is 26.2 Å². The van der Waals surface area contributed by atoms with E-state index in [2.05, 4.69) is 9.47 Å². The molecule has 0 aliphatic carbocycles. The van der Waals surface area contributed by atoms with Gasteiger partial charge in [-0.15, -0.1) is 0 Å². The highest BCUT2D eigenvalue weighted by Crippen LogP contribution is 2.25. The summed E-state index contributed by atoms with van der Waals surface area (Å²) >= 11 is 0. The summed E-state index contributed by atoms with van der Waals surface area (Å²) in [6.07, 6.45) is 0.450. The molecular formula is C16H24N2O6S2. The van der Waals surface area contributed by atoms with Gasteiger partial charge >= 0.3 is 11.9 Å². The molecular weight excluding hydrogens is 380 g/mol. The zero-order valence-electron chi connectivity index (χ0n) is 15.0. The number of rotatable bonds is 9. The minimum atomic E-state index is -0.353.